The SMILES string of the molecule is CCOC(=O)c1ccc(CCOC(=O)N[C@H](CC2CCN(C(=N)N)CC2)C(=O)NCC(=O)N[C@H](C=O)CCCN=C(N)N)cc1. The zero-order valence-corrected chi connectivity index (χ0v) is 25.6. The Bertz CT molecular complexity index is 1180. The van der Waals surface area contributed by atoms with Crippen LogP contribution in [0.3, 0.4) is 0 Å². The minimum absolute atomic E-state index is 0.0177. The topological polar surface area (TPSA) is 257 Å². The lowest BCUT2D eigenvalue weighted by molar-refractivity contribution is -0.128. The van der Waals surface area contributed by atoms with Crippen molar-refractivity contribution >= 4 is 42.1 Å². The van der Waals surface area contributed by atoms with Crippen molar-refractivity contribution in [1.29, 1.82) is 5.41 Å². The standard InChI is InChI=1S/C29H45N9O7/c1-2-44-26(42)21-7-5-19(6-8-21)11-15-45-29(43)37-23(16-20-9-13-38(14-10-20)28(32)33)25(41)35-17-24(40)36-22(18-39)4-3-12-34-27(30)31/h5-8,18,20,22-23H,2-4,9-17H2,1H3,(H3,32,33)(H,35,41)(H,36,40)(H,37,43)(H4,30,31,34)/t22-,23+/m0/s1. The Morgan fingerprint density at radius 1 is 1.09 bits per heavy atom. The Balaban J connectivity index is 1.91. The zero-order chi connectivity index (χ0) is 33.2. The van der Waals surface area contributed by atoms with Gasteiger partial charge in [0.1, 0.15) is 12.3 Å². The van der Waals surface area contributed by atoms with Crippen molar-refractivity contribution in [2.75, 3.05) is 39.4 Å². The second-order valence-corrected chi connectivity index (χ2v) is 10.5. The van der Waals surface area contributed by atoms with Gasteiger partial charge in [-0.2, -0.15) is 0 Å². The number of hydrogen-bond donors (Lipinski definition) is 7. The smallest absolute Gasteiger partial charge is 0.407 e. The van der Waals surface area contributed by atoms with Crippen LogP contribution in [-0.2, 0) is 30.3 Å². The van der Waals surface area contributed by atoms with Crippen LogP contribution in [0.15, 0.2) is 29.3 Å². The summed E-state index contributed by atoms with van der Waals surface area (Å²) in [4.78, 5) is 67.0. The molecule has 2 atom stereocenters. The molecular formula is C29H45N9O7. The van der Waals surface area contributed by atoms with Gasteiger partial charge in [0.2, 0.25) is 11.8 Å². The number of benzene rings is 1. The van der Waals surface area contributed by atoms with E-state index in [0.717, 1.165) is 5.56 Å². The maximum Gasteiger partial charge on any atom is 0.407 e. The number of guanidine groups is 2. The second kappa shape index (κ2) is 19.4. The molecule has 16 nitrogen and oxygen atoms in total. The Hall–Kier alpha value is -4.89. The average molecular weight is 632 g/mol. The molecule has 16 heteroatoms. The van der Waals surface area contributed by atoms with Gasteiger partial charge in [-0.3, -0.25) is 20.0 Å². The van der Waals surface area contributed by atoms with E-state index >= 15 is 0 Å². The summed E-state index contributed by atoms with van der Waals surface area (Å²) in [6, 6.07) is 4.96. The Labute approximate surface area is 262 Å². The Kier molecular flexibility index (Phi) is 15.7. The van der Waals surface area contributed by atoms with Crippen LogP contribution >= 0.6 is 0 Å². The van der Waals surface area contributed by atoms with Crippen molar-refractivity contribution < 1.29 is 33.4 Å². The van der Waals surface area contributed by atoms with Gasteiger partial charge in [-0.05, 0) is 62.6 Å². The number of hydrogen-bond acceptors (Lipinski definition) is 9. The number of nitrogens with two attached hydrogens (primary N) is 3. The first kappa shape index (κ1) is 36.3. The highest BCUT2D eigenvalue weighted by Crippen LogP contribution is 2.22. The lowest BCUT2D eigenvalue weighted by Gasteiger charge is -2.33. The molecular weight excluding hydrogens is 586 g/mol. The fraction of sp³-hybridized carbons (Fsp3) is 0.552. The van der Waals surface area contributed by atoms with Crippen LogP contribution in [0, 0.1) is 11.3 Å². The number of likely N-dealkylation sites (tertiary alicyclic amines) is 1. The molecule has 1 heterocycles. The molecule has 0 unspecified atom stereocenters. The fourth-order valence-corrected chi connectivity index (χ4v) is 4.68. The summed E-state index contributed by atoms with van der Waals surface area (Å²) in [5.74, 6) is -1.61. The predicted molar refractivity (Wildman–Crippen MR) is 166 cm³/mol. The minimum Gasteiger partial charge on any atom is -0.462 e. The van der Waals surface area contributed by atoms with Crippen molar-refractivity contribution in [3.8, 4) is 0 Å². The molecule has 0 radical (unpaired) electrons. The maximum absolute atomic E-state index is 13.1. The number of nitrogens with one attached hydrogen (secondary N) is 4. The first-order valence-electron chi connectivity index (χ1n) is 14.9. The summed E-state index contributed by atoms with van der Waals surface area (Å²) in [5.41, 5.74) is 17.4. The average Bonchev–Trinajstić information content (AvgIpc) is 3.01. The molecule has 0 aromatic heterocycles. The zero-order valence-electron chi connectivity index (χ0n) is 25.6. The number of carbonyl (C=O) groups excluding carboxylic acids is 5. The van der Waals surface area contributed by atoms with Crippen LogP contribution in [0.2, 0.25) is 0 Å². The number of carbonyl (C=O) groups is 5. The van der Waals surface area contributed by atoms with E-state index in [2.05, 4.69) is 20.9 Å². The lowest BCUT2D eigenvalue weighted by atomic mass is 9.90. The monoisotopic (exact) mass is 631 g/mol. The van der Waals surface area contributed by atoms with Crippen LogP contribution in [0.5, 0.6) is 0 Å². The number of nitrogens with zero attached hydrogens (tertiary/aromatic N) is 2. The Morgan fingerprint density at radius 2 is 1.78 bits per heavy atom. The van der Waals surface area contributed by atoms with E-state index in [4.69, 9.17) is 32.1 Å². The van der Waals surface area contributed by atoms with E-state index < -0.39 is 42.5 Å². The molecule has 1 fully saturated rings. The number of aliphatic imine (C=N–C) groups is 1. The molecule has 0 bridgehead atoms. The van der Waals surface area contributed by atoms with Crippen LogP contribution in [-0.4, -0.2) is 98.5 Å². The largest absolute Gasteiger partial charge is 0.462 e. The molecule has 0 saturated carbocycles. The molecule has 3 amide bonds. The summed E-state index contributed by atoms with van der Waals surface area (Å²) >= 11 is 0. The van der Waals surface area contributed by atoms with Gasteiger partial charge in [0.05, 0.1) is 31.4 Å². The highest BCUT2D eigenvalue weighted by atomic mass is 16.5. The van der Waals surface area contributed by atoms with E-state index in [-0.39, 0.29) is 37.5 Å². The molecule has 10 N–H and O–H groups in total. The highest BCUT2D eigenvalue weighted by Gasteiger charge is 2.29. The molecule has 248 valence electrons. The maximum atomic E-state index is 13.1. The first-order chi connectivity index (χ1) is 21.5. The number of piperidine rings is 1. The lowest BCUT2D eigenvalue weighted by Crippen LogP contribution is -2.51. The van der Waals surface area contributed by atoms with Crippen molar-refractivity contribution in [1.82, 2.24) is 20.9 Å². The summed E-state index contributed by atoms with van der Waals surface area (Å²) in [5, 5.41) is 15.3. The molecule has 45 heavy (non-hydrogen) atoms. The van der Waals surface area contributed by atoms with Gasteiger partial charge in [0.25, 0.3) is 0 Å². The number of alkyl carbamates (subject to hydrolysis) is 1. The third kappa shape index (κ3) is 14.0. The van der Waals surface area contributed by atoms with Gasteiger partial charge >= 0.3 is 12.1 Å². The second-order valence-electron chi connectivity index (χ2n) is 10.5. The van der Waals surface area contributed by atoms with Crippen molar-refractivity contribution in [3.63, 3.8) is 0 Å². The summed E-state index contributed by atoms with van der Waals surface area (Å²) < 4.78 is 10.3. The van der Waals surface area contributed by atoms with Gasteiger partial charge in [0.15, 0.2) is 11.9 Å². The first-order valence-corrected chi connectivity index (χ1v) is 14.9. The molecule has 0 spiro atoms. The van der Waals surface area contributed by atoms with E-state index in [0.29, 0.717) is 63.6 Å². The van der Waals surface area contributed by atoms with Crippen LogP contribution in [0.25, 0.3) is 0 Å². The van der Waals surface area contributed by atoms with Gasteiger partial charge in [0, 0.05) is 26.1 Å². The molecule has 1 aromatic carbocycles. The van der Waals surface area contributed by atoms with E-state index in [1.807, 2.05) is 0 Å². The van der Waals surface area contributed by atoms with E-state index in [9.17, 15) is 24.0 Å². The normalized spacial score (nSPS) is 14.3. The number of rotatable bonds is 17. The van der Waals surface area contributed by atoms with E-state index in [1.165, 1.54) is 0 Å². The number of ether oxygens (including phenoxy) is 2. The van der Waals surface area contributed by atoms with Crippen molar-refractivity contribution in [3.05, 3.63) is 35.4 Å². The van der Waals surface area contributed by atoms with Gasteiger partial charge in [-0.15, -0.1) is 0 Å². The van der Waals surface area contributed by atoms with Gasteiger partial charge in [-0.1, -0.05) is 12.1 Å². The number of amides is 3. The van der Waals surface area contributed by atoms with Crippen LogP contribution in [0.1, 0.15) is 54.9 Å². The van der Waals surface area contributed by atoms with Crippen molar-refractivity contribution in [2.45, 2.75) is 57.5 Å². The van der Waals surface area contributed by atoms with Crippen molar-refractivity contribution in [2.24, 2.45) is 28.1 Å². The third-order valence-corrected chi connectivity index (χ3v) is 7.12. The minimum atomic E-state index is -0.996. The summed E-state index contributed by atoms with van der Waals surface area (Å²) in [6.07, 6.45) is 2.54. The Morgan fingerprint density at radius 3 is 2.38 bits per heavy atom. The number of aldehydes is 1. The molecule has 1 aliphatic heterocycles. The van der Waals surface area contributed by atoms with Crippen LogP contribution < -0.4 is 33.2 Å². The van der Waals surface area contributed by atoms with Gasteiger partial charge < -0.3 is 52.3 Å². The molecule has 1 saturated heterocycles. The molecule has 2 rings (SSSR count). The third-order valence-electron chi connectivity index (χ3n) is 7.12. The molecule has 1 aromatic rings. The highest BCUT2D eigenvalue weighted by molar-refractivity contribution is 5.90. The van der Waals surface area contributed by atoms with Crippen LogP contribution in [0.4, 0.5) is 4.79 Å². The predicted octanol–water partition coefficient (Wildman–Crippen LogP) is -0.650. The van der Waals surface area contributed by atoms with Gasteiger partial charge in [-0.25, -0.2) is 9.59 Å². The quantitative estimate of drug-likeness (QED) is 0.0374. The number of esters is 1. The molecule has 1 aliphatic rings. The van der Waals surface area contributed by atoms with E-state index in [1.54, 1.807) is 36.1 Å². The summed E-state index contributed by atoms with van der Waals surface area (Å²) in [6.45, 7) is 3.01. The fourth-order valence-electron chi connectivity index (χ4n) is 4.68. The summed E-state index contributed by atoms with van der Waals surface area (Å²) in [7, 11) is 0. The molecule has 0 aliphatic carbocycles.